The van der Waals surface area contributed by atoms with E-state index in [1.54, 1.807) is 24.3 Å². The first kappa shape index (κ1) is 16.3. The van der Waals surface area contributed by atoms with E-state index in [9.17, 15) is 14.9 Å². The molecule has 114 valence electrons. The van der Waals surface area contributed by atoms with Crippen LogP contribution in [0.15, 0.2) is 46.9 Å². The van der Waals surface area contributed by atoms with Gasteiger partial charge in [0, 0.05) is 21.9 Å². The van der Waals surface area contributed by atoms with Crippen LogP contribution in [0, 0.1) is 10.1 Å². The Morgan fingerprint density at radius 3 is 2.68 bits per heavy atom. The highest BCUT2D eigenvalue weighted by atomic mass is 79.9. The predicted octanol–water partition coefficient (Wildman–Crippen LogP) is 4.06. The van der Waals surface area contributed by atoms with Crippen LogP contribution in [0.2, 0.25) is 5.02 Å². The Hall–Kier alpha value is -2.12. The molecule has 0 radical (unpaired) electrons. The summed E-state index contributed by atoms with van der Waals surface area (Å²) < 4.78 is 0.853. The van der Waals surface area contributed by atoms with Gasteiger partial charge in [-0.3, -0.25) is 14.9 Å². The third kappa shape index (κ3) is 4.44. The Morgan fingerprint density at radius 2 is 2.00 bits per heavy atom. The molecular weight excluding hydrogens is 374 g/mol. The van der Waals surface area contributed by atoms with Crippen LogP contribution in [0.1, 0.15) is 0 Å². The molecule has 0 saturated heterocycles. The predicted molar refractivity (Wildman–Crippen MR) is 89.4 cm³/mol. The lowest BCUT2D eigenvalue weighted by atomic mass is 10.2. The molecular formula is C14H11BrClN3O3. The molecule has 2 N–H and O–H groups in total. The van der Waals surface area contributed by atoms with Crippen molar-refractivity contribution >= 4 is 50.5 Å². The number of nitro groups is 1. The van der Waals surface area contributed by atoms with E-state index < -0.39 is 4.92 Å². The number of hydrogen-bond acceptors (Lipinski definition) is 4. The quantitative estimate of drug-likeness (QED) is 0.601. The van der Waals surface area contributed by atoms with E-state index >= 15 is 0 Å². The van der Waals surface area contributed by atoms with Gasteiger partial charge < -0.3 is 10.6 Å². The number of halogens is 2. The first-order valence-corrected chi connectivity index (χ1v) is 7.36. The molecule has 0 aliphatic heterocycles. The van der Waals surface area contributed by atoms with Crippen molar-refractivity contribution in [1.29, 1.82) is 0 Å². The van der Waals surface area contributed by atoms with Gasteiger partial charge in [0.25, 0.3) is 5.69 Å². The fourth-order valence-electron chi connectivity index (χ4n) is 1.72. The van der Waals surface area contributed by atoms with Crippen LogP contribution in [-0.2, 0) is 4.79 Å². The SMILES string of the molecule is O=C(CNc1ccc(Cl)c([N+](=O)[O-])c1)Nc1cccc(Br)c1. The second-order valence-electron chi connectivity index (χ2n) is 4.34. The molecule has 8 heteroatoms. The molecule has 0 aliphatic rings. The van der Waals surface area contributed by atoms with Crippen LogP contribution < -0.4 is 10.6 Å². The number of amides is 1. The number of carbonyl (C=O) groups excluding carboxylic acids is 1. The zero-order valence-electron chi connectivity index (χ0n) is 11.2. The van der Waals surface area contributed by atoms with Gasteiger partial charge in [-0.05, 0) is 30.3 Å². The average molecular weight is 385 g/mol. The van der Waals surface area contributed by atoms with E-state index in [2.05, 4.69) is 26.6 Å². The molecule has 0 fully saturated rings. The number of carbonyl (C=O) groups is 1. The number of hydrogen-bond donors (Lipinski definition) is 2. The third-order valence-electron chi connectivity index (χ3n) is 2.70. The second-order valence-corrected chi connectivity index (χ2v) is 5.66. The maximum absolute atomic E-state index is 11.8. The number of nitro benzene ring substituents is 1. The Balaban J connectivity index is 1.96. The molecule has 22 heavy (non-hydrogen) atoms. The number of benzene rings is 2. The summed E-state index contributed by atoms with van der Waals surface area (Å²) in [7, 11) is 0. The lowest BCUT2D eigenvalue weighted by Crippen LogP contribution is -2.21. The molecule has 0 heterocycles. The van der Waals surface area contributed by atoms with Gasteiger partial charge in [-0.15, -0.1) is 0 Å². The van der Waals surface area contributed by atoms with Crippen molar-refractivity contribution in [1.82, 2.24) is 0 Å². The lowest BCUT2D eigenvalue weighted by Gasteiger charge is -2.08. The number of nitrogens with one attached hydrogen (secondary N) is 2. The molecule has 1 amide bonds. The van der Waals surface area contributed by atoms with Gasteiger partial charge in [0.05, 0.1) is 11.5 Å². The van der Waals surface area contributed by atoms with Crippen molar-refractivity contribution in [3.8, 4) is 0 Å². The Bertz CT molecular complexity index is 724. The smallest absolute Gasteiger partial charge is 0.289 e. The maximum Gasteiger partial charge on any atom is 0.289 e. The van der Waals surface area contributed by atoms with Gasteiger partial charge in [0.1, 0.15) is 5.02 Å². The van der Waals surface area contributed by atoms with Gasteiger partial charge in [-0.2, -0.15) is 0 Å². The number of rotatable bonds is 5. The van der Waals surface area contributed by atoms with Crippen molar-refractivity contribution in [2.24, 2.45) is 0 Å². The summed E-state index contributed by atoms with van der Waals surface area (Å²) >= 11 is 9.04. The summed E-state index contributed by atoms with van der Waals surface area (Å²) in [5.41, 5.74) is 0.891. The molecule has 6 nitrogen and oxygen atoms in total. The van der Waals surface area contributed by atoms with Gasteiger partial charge >= 0.3 is 0 Å². The maximum atomic E-state index is 11.8. The molecule has 2 rings (SSSR count). The van der Waals surface area contributed by atoms with Crippen molar-refractivity contribution in [2.75, 3.05) is 17.2 Å². The van der Waals surface area contributed by atoms with Crippen molar-refractivity contribution in [3.05, 3.63) is 62.1 Å². The second kappa shape index (κ2) is 7.24. The minimum Gasteiger partial charge on any atom is -0.376 e. The zero-order chi connectivity index (χ0) is 16.1. The van der Waals surface area contributed by atoms with Crippen molar-refractivity contribution in [2.45, 2.75) is 0 Å². The molecule has 2 aromatic carbocycles. The van der Waals surface area contributed by atoms with Gasteiger partial charge in [0.2, 0.25) is 5.91 Å². The van der Waals surface area contributed by atoms with Gasteiger partial charge in [-0.25, -0.2) is 0 Å². The van der Waals surface area contributed by atoms with E-state index in [1.807, 2.05) is 6.07 Å². The van der Waals surface area contributed by atoms with E-state index in [1.165, 1.54) is 12.1 Å². The van der Waals surface area contributed by atoms with Crippen LogP contribution >= 0.6 is 27.5 Å². The van der Waals surface area contributed by atoms with Gasteiger partial charge in [-0.1, -0.05) is 33.6 Å². The summed E-state index contributed by atoms with van der Waals surface area (Å²) in [6, 6.07) is 11.4. The largest absolute Gasteiger partial charge is 0.376 e. The molecule has 0 unspecified atom stereocenters. The highest BCUT2D eigenvalue weighted by molar-refractivity contribution is 9.10. The van der Waals surface area contributed by atoms with E-state index in [0.717, 1.165) is 4.47 Å². The summed E-state index contributed by atoms with van der Waals surface area (Å²) in [5.74, 6) is -0.268. The van der Waals surface area contributed by atoms with Crippen LogP contribution in [-0.4, -0.2) is 17.4 Å². The first-order chi connectivity index (χ1) is 10.5. The molecule has 0 spiro atoms. The van der Waals surface area contributed by atoms with E-state index in [-0.39, 0.29) is 23.2 Å². The summed E-state index contributed by atoms with van der Waals surface area (Å²) in [6.45, 7) is -0.0225. The summed E-state index contributed by atoms with van der Waals surface area (Å²) in [6.07, 6.45) is 0. The first-order valence-electron chi connectivity index (χ1n) is 6.19. The molecule has 0 saturated carbocycles. The van der Waals surface area contributed by atoms with Crippen LogP contribution in [0.4, 0.5) is 17.1 Å². The van der Waals surface area contributed by atoms with Crippen LogP contribution in [0.3, 0.4) is 0 Å². The molecule has 0 aliphatic carbocycles. The highest BCUT2D eigenvalue weighted by Crippen LogP contribution is 2.27. The fourth-order valence-corrected chi connectivity index (χ4v) is 2.30. The monoisotopic (exact) mass is 383 g/mol. The van der Waals surface area contributed by atoms with Gasteiger partial charge in [0.15, 0.2) is 0 Å². The van der Waals surface area contributed by atoms with Crippen LogP contribution in [0.25, 0.3) is 0 Å². The third-order valence-corrected chi connectivity index (χ3v) is 3.52. The summed E-state index contributed by atoms with van der Waals surface area (Å²) in [5, 5.41) is 16.4. The Labute approximate surface area is 139 Å². The zero-order valence-corrected chi connectivity index (χ0v) is 13.5. The highest BCUT2D eigenvalue weighted by Gasteiger charge is 2.13. The van der Waals surface area contributed by atoms with E-state index in [4.69, 9.17) is 11.6 Å². The molecule has 2 aromatic rings. The number of anilines is 2. The Kier molecular flexibility index (Phi) is 5.35. The van der Waals surface area contributed by atoms with Crippen molar-refractivity contribution < 1.29 is 9.72 Å². The minimum atomic E-state index is -0.574. The molecule has 0 bridgehead atoms. The Morgan fingerprint density at radius 1 is 1.23 bits per heavy atom. The molecule has 0 atom stereocenters. The topological polar surface area (TPSA) is 84.3 Å². The van der Waals surface area contributed by atoms with Crippen molar-refractivity contribution in [3.63, 3.8) is 0 Å². The normalized spacial score (nSPS) is 10.1. The fraction of sp³-hybridized carbons (Fsp3) is 0.0714. The van der Waals surface area contributed by atoms with Crippen LogP contribution in [0.5, 0.6) is 0 Å². The minimum absolute atomic E-state index is 0.0225. The number of nitrogens with zero attached hydrogens (tertiary/aromatic N) is 1. The summed E-state index contributed by atoms with van der Waals surface area (Å²) in [4.78, 5) is 22.1. The standard InChI is InChI=1S/C14H11BrClN3O3/c15-9-2-1-3-11(6-9)18-14(20)8-17-10-4-5-12(16)13(7-10)19(21)22/h1-7,17H,8H2,(H,18,20). The molecule has 0 aromatic heterocycles. The lowest BCUT2D eigenvalue weighted by molar-refractivity contribution is -0.384. The average Bonchev–Trinajstić information content (AvgIpc) is 2.46. The van der Waals surface area contributed by atoms with E-state index in [0.29, 0.717) is 11.4 Å².